The minimum Gasteiger partial charge on any atom is -0.370 e. The van der Waals surface area contributed by atoms with Gasteiger partial charge in [-0.3, -0.25) is 0 Å². The van der Waals surface area contributed by atoms with Gasteiger partial charge in [-0.05, 0) is 43.3 Å². The average Bonchev–Trinajstić information content (AvgIpc) is 2.40. The van der Waals surface area contributed by atoms with Crippen LogP contribution in [0, 0.1) is 11.3 Å². The number of nitriles is 1. The Labute approximate surface area is 106 Å². The van der Waals surface area contributed by atoms with E-state index in [0.29, 0.717) is 5.56 Å². The van der Waals surface area contributed by atoms with Crippen molar-refractivity contribution in [2.24, 2.45) is 0 Å². The Bertz CT molecular complexity index is 555. The van der Waals surface area contributed by atoms with Crippen molar-refractivity contribution in [3.05, 3.63) is 48.0 Å². The van der Waals surface area contributed by atoms with E-state index in [-0.39, 0.29) is 0 Å². The van der Waals surface area contributed by atoms with Crippen LogP contribution in [-0.2, 0) is 0 Å². The number of pyridine rings is 1. The van der Waals surface area contributed by atoms with Crippen LogP contribution in [0.25, 0.3) is 0 Å². The van der Waals surface area contributed by atoms with Crippen LogP contribution in [0.1, 0.15) is 12.5 Å². The fourth-order valence-electron chi connectivity index (χ4n) is 1.56. The Kier molecular flexibility index (Phi) is 3.77. The molecular weight excluding hydrogens is 224 g/mol. The fraction of sp³-hybridized carbons (Fsp3) is 0.143. The van der Waals surface area contributed by atoms with Gasteiger partial charge in [0.2, 0.25) is 0 Å². The van der Waals surface area contributed by atoms with Gasteiger partial charge in [-0.2, -0.15) is 5.26 Å². The first kappa shape index (κ1) is 11.9. The SMILES string of the molecule is CCNc1cccc(Nc2ccc(C#N)cc2)n1. The molecule has 1 aromatic heterocycles. The Balaban J connectivity index is 2.12. The second-order valence-electron chi connectivity index (χ2n) is 3.75. The Hall–Kier alpha value is -2.54. The number of anilines is 3. The van der Waals surface area contributed by atoms with Crippen molar-refractivity contribution in [3.63, 3.8) is 0 Å². The highest BCUT2D eigenvalue weighted by atomic mass is 15.1. The zero-order valence-corrected chi connectivity index (χ0v) is 10.1. The normalized spacial score (nSPS) is 9.56. The molecule has 0 amide bonds. The maximum atomic E-state index is 8.72. The van der Waals surface area contributed by atoms with Gasteiger partial charge >= 0.3 is 0 Å². The third-order valence-electron chi connectivity index (χ3n) is 2.39. The van der Waals surface area contributed by atoms with E-state index < -0.39 is 0 Å². The molecule has 0 fully saturated rings. The summed E-state index contributed by atoms with van der Waals surface area (Å²) >= 11 is 0. The fourth-order valence-corrected chi connectivity index (χ4v) is 1.56. The maximum Gasteiger partial charge on any atom is 0.132 e. The number of aromatic nitrogens is 1. The van der Waals surface area contributed by atoms with E-state index in [1.54, 1.807) is 12.1 Å². The molecule has 0 aliphatic heterocycles. The lowest BCUT2D eigenvalue weighted by Gasteiger charge is -2.08. The summed E-state index contributed by atoms with van der Waals surface area (Å²) in [5.41, 5.74) is 1.56. The molecular formula is C14H14N4. The molecule has 0 atom stereocenters. The molecule has 2 rings (SSSR count). The third kappa shape index (κ3) is 2.98. The van der Waals surface area contributed by atoms with Crippen LogP contribution in [0.2, 0.25) is 0 Å². The predicted molar refractivity (Wildman–Crippen MR) is 72.8 cm³/mol. The molecule has 0 aliphatic carbocycles. The molecule has 0 aliphatic rings. The number of benzene rings is 1. The second-order valence-corrected chi connectivity index (χ2v) is 3.75. The first-order valence-corrected chi connectivity index (χ1v) is 5.80. The topological polar surface area (TPSA) is 60.7 Å². The van der Waals surface area contributed by atoms with E-state index in [4.69, 9.17) is 5.26 Å². The average molecular weight is 238 g/mol. The molecule has 2 aromatic rings. The highest BCUT2D eigenvalue weighted by Crippen LogP contribution is 2.16. The first-order chi connectivity index (χ1) is 8.81. The zero-order chi connectivity index (χ0) is 12.8. The zero-order valence-electron chi connectivity index (χ0n) is 10.1. The Morgan fingerprint density at radius 3 is 2.50 bits per heavy atom. The van der Waals surface area contributed by atoms with E-state index in [0.717, 1.165) is 23.9 Å². The molecule has 18 heavy (non-hydrogen) atoms. The Morgan fingerprint density at radius 2 is 1.83 bits per heavy atom. The van der Waals surface area contributed by atoms with Crippen molar-refractivity contribution in [2.75, 3.05) is 17.2 Å². The second kappa shape index (κ2) is 5.69. The minimum absolute atomic E-state index is 0.648. The molecule has 1 heterocycles. The van der Waals surface area contributed by atoms with Crippen molar-refractivity contribution < 1.29 is 0 Å². The molecule has 4 nitrogen and oxygen atoms in total. The standard InChI is InChI=1S/C14H14N4/c1-2-16-13-4-3-5-14(18-13)17-12-8-6-11(10-15)7-9-12/h3-9H,2H2,1H3,(H2,16,17,18). The summed E-state index contributed by atoms with van der Waals surface area (Å²) in [6.45, 7) is 2.87. The highest BCUT2D eigenvalue weighted by Gasteiger charge is 1.98. The quantitative estimate of drug-likeness (QED) is 0.859. The largest absolute Gasteiger partial charge is 0.370 e. The van der Waals surface area contributed by atoms with Crippen LogP contribution in [0.5, 0.6) is 0 Å². The van der Waals surface area contributed by atoms with Crippen LogP contribution in [0.4, 0.5) is 17.3 Å². The number of rotatable bonds is 4. The van der Waals surface area contributed by atoms with Crippen LogP contribution < -0.4 is 10.6 Å². The summed E-state index contributed by atoms with van der Waals surface area (Å²) in [5, 5.41) is 15.1. The van der Waals surface area contributed by atoms with E-state index in [2.05, 4.69) is 21.7 Å². The molecule has 0 unspecified atom stereocenters. The molecule has 0 spiro atoms. The molecule has 0 saturated heterocycles. The summed E-state index contributed by atoms with van der Waals surface area (Å²) in [6.07, 6.45) is 0. The van der Waals surface area contributed by atoms with Gasteiger partial charge in [0.25, 0.3) is 0 Å². The predicted octanol–water partition coefficient (Wildman–Crippen LogP) is 3.13. The lowest BCUT2D eigenvalue weighted by atomic mass is 10.2. The first-order valence-electron chi connectivity index (χ1n) is 5.80. The van der Waals surface area contributed by atoms with Crippen LogP contribution in [0.15, 0.2) is 42.5 Å². The van der Waals surface area contributed by atoms with E-state index in [9.17, 15) is 0 Å². The van der Waals surface area contributed by atoms with Crippen molar-refractivity contribution >= 4 is 17.3 Å². The highest BCUT2D eigenvalue weighted by molar-refractivity contribution is 5.58. The lowest BCUT2D eigenvalue weighted by Crippen LogP contribution is -2.01. The number of hydrogen-bond acceptors (Lipinski definition) is 4. The summed E-state index contributed by atoms with van der Waals surface area (Å²) in [4.78, 5) is 4.41. The molecule has 4 heteroatoms. The van der Waals surface area contributed by atoms with Gasteiger partial charge in [0.15, 0.2) is 0 Å². The number of nitrogens with zero attached hydrogens (tertiary/aromatic N) is 2. The summed E-state index contributed by atoms with van der Waals surface area (Å²) < 4.78 is 0. The van der Waals surface area contributed by atoms with Crippen LogP contribution in [0.3, 0.4) is 0 Å². The van der Waals surface area contributed by atoms with Crippen LogP contribution >= 0.6 is 0 Å². The van der Waals surface area contributed by atoms with Gasteiger partial charge in [-0.15, -0.1) is 0 Å². The Morgan fingerprint density at radius 1 is 1.11 bits per heavy atom. The van der Waals surface area contributed by atoms with Crippen molar-refractivity contribution in [1.29, 1.82) is 5.26 Å². The number of nitrogens with one attached hydrogen (secondary N) is 2. The van der Waals surface area contributed by atoms with Gasteiger partial charge in [-0.25, -0.2) is 4.98 Å². The van der Waals surface area contributed by atoms with Gasteiger partial charge < -0.3 is 10.6 Å². The van der Waals surface area contributed by atoms with Crippen molar-refractivity contribution in [1.82, 2.24) is 4.98 Å². The maximum absolute atomic E-state index is 8.72. The summed E-state index contributed by atoms with van der Waals surface area (Å²) in [7, 11) is 0. The minimum atomic E-state index is 0.648. The van der Waals surface area contributed by atoms with Crippen molar-refractivity contribution in [2.45, 2.75) is 6.92 Å². The third-order valence-corrected chi connectivity index (χ3v) is 2.39. The number of hydrogen-bond donors (Lipinski definition) is 2. The van der Waals surface area contributed by atoms with Crippen LogP contribution in [-0.4, -0.2) is 11.5 Å². The van der Waals surface area contributed by atoms with Gasteiger partial charge in [-0.1, -0.05) is 6.07 Å². The van der Waals surface area contributed by atoms with E-state index >= 15 is 0 Å². The van der Waals surface area contributed by atoms with Crippen molar-refractivity contribution in [3.8, 4) is 6.07 Å². The summed E-state index contributed by atoms with van der Waals surface area (Å²) in [5.74, 6) is 1.62. The van der Waals surface area contributed by atoms with E-state index in [1.165, 1.54) is 0 Å². The molecule has 0 saturated carbocycles. The molecule has 2 N–H and O–H groups in total. The monoisotopic (exact) mass is 238 g/mol. The summed E-state index contributed by atoms with van der Waals surface area (Å²) in [6, 6.07) is 15.1. The molecule has 1 aromatic carbocycles. The smallest absolute Gasteiger partial charge is 0.132 e. The van der Waals surface area contributed by atoms with E-state index in [1.807, 2.05) is 37.3 Å². The van der Waals surface area contributed by atoms with Gasteiger partial charge in [0.1, 0.15) is 11.6 Å². The molecule has 0 radical (unpaired) electrons. The molecule has 0 bridgehead atoms. The van der Waals surface area contributed by atoms with Gasteiger partial charge in [0.05, 0.1) is 11.6 Å². The molecule has 90 valence electrons. The lowest BCUT2D eigenvalue weighted by molar-refractivity contribution is 1.16. The van der Waals surface area contributed by atoms with Gasteiger partial charge in [0, 0.05) is 12.2 Å².